The number of alkyl halides is 3. The summed E-state index contributed by atoms with van der Waals surface area (Å²) in [5.41, 5.74) is -0.0919. The maximum Gasteiger partial charge on any atom is 0.416 e. The minimum Gasteiger partial charge on any atom is -0.379 e. The molecule has 0 radical (unpaired) electrons. The van der Waals surface area contributed by atoms with Gasteiger partial charge in [-0.15, -0.1) is 0 Å². The van der Waals surface area contributed by atoms with Crippen LogP contribution in [0.1, 0.15) is 15.9 Å². The highest BCUT2D eigenvalue weighted by Gasteiger charge is 2.30. The van der Waals surface area contributed by atoms with Crippen molar-refractivity contribution in [3.8, 4) is 5.75 Å². The zero-order chi connectivity index (χ0) is 21.1. The van der Waals surface area contributed by atoms with Crippen LogP contribution in [0.4, 0.5) is 18.9 Å². The molecule has 0 aliphatic carbocycles. The molecule has 3 aromatic carbocycles. The van der Waals surface area contributed by atoms with Gasteiger partial charge in [-0.25, -0.2) is 0 Å². The van der Waals surface area contributed by atoms with Gasteiger partial charge in [0.1, 0.15) is 10.6 Å². The van der Waals surface area contributed by atoms with Crippen molar-refractivity contribution >= 4 is 21.7 Å². The fourth-order valence-corrected chi connectivity index (χ4v) is 3.30. The van der Waals surface area contributed by atoms with Crippen molar-refractivity contribution in [2.45, 2.75) is 11.1 Å². The van der Waals surface area contributed by atoms with Crippen LogP contribution in [0.2, 0.25) is 0 Å². The number of halogens is 3. The SMILES string of the molecule is O=C(Nc1ccc(OS(=O)(=O)c2ccc(C(F)(F)F)cc2)cc1)c1ccccc1. The van der Waals surface area contributed by atoms with E-state index >= 15 is 0 Å². The number of benzene rings is 3. The maximum atomic E-state index is 12.6. The van der Waals surface area contributed by atoms with Crippen molar-refractivity contribution in [3.63, 3.8) is 0 Å². The van der Waals surface area contributed by atoms with Crippen molar-refractivity contribution < 1.29 is 30.6 Å². The first-order chi connectivity index (χ1) is 13.6. The Labute approximate surface area is 164 Å². The van der Waals surface area contributed by atoms with Crippen molar-refractivity contribution in [3.05, 3.63) is 90.0 Å². The Morgan fingerprint density at radius 3 is 1.97 bits per heavy atom. The van der Waals surface area contributed by atoms with Gasteiger partial charge in [-0.3, -0.25) is 4.79 Å². The topological polar surface area (TPSA) is 72.5 Å². The minimum absolute atomic E-state index is 0.0531. The summed E-state index contributed by atoms with van der Waals surface area (Å²) in [4.78, 5) is 11.7. The molecule has 0 heterocycles. The molecule has 1 amide bonds. The normalized spacial score (nSPS) is 11.7. The van der Waals surface area contributed by atoms with Crippen LogP contribution in [0.15, 0.2) is 83.8 Å². The number of carbonyl (C=O) groups is 1. The van der Waals surface area contributed by atoms with Gasteiger partial charge in [-0.05, 0) is 60.7 Å². The number of nitrogens with one attached hydrogen (secondary N) is 1. The lowest BCUT2D eigenvalue weighted by molar-refractivity contribution is -0.137. The van der Waals surface area contributed by atoms with Gasteiger partial charge in [0.2, 0.25) is 0 Å². The van der Waals surface area contributed by atoms with Gasteiger partial charge in [-0.1, -0.05) is 18.2 Å². The number of hydrogen-bond donors (Lipinski definition) is 1. The minimum atomic E-state index is -4.57. The second-order valence-corrected chi connectivity index (χ2v) is 7.45. The van der Waals surface area contributed by atoms with Gasteiger partial charge in [-0.2, -0.15) is 21.6 Å². The number of amides is 1. The standard InChI is InChI=1S/C20H14F3NO4S/c21-20(22,23)15-6-12-18(13-7-15)29(26,27)28-17-10-8-16(9-11-17)24-19(25)14-4-2-1-3-5-14/h1-13H,(H,24,25). The van der Waals surface area contributed by atoms with Crippen LogP contribution in [-0.4, -0.2) is 14.3 Å². The van der Waals surface area contributed by atoms with E-state index in [0.29, 0.717) is 23.4 Å². The Morgan fingerprint density at radius 2 is 1.41 bits per heavy atom. The van der Waals surface area contributed by atoms with Gasteiger partial charge in [0.15, 0.2) is 0 Å². The summed E-state index contributed by atoms with van der Waals surface area (Å²) in [6.07, 6.45) is -4.57. The second kappa shape index (κ2) is 7.96. The summed E-state index contributed by atoms with van der Waals surface area (Å²) in [7, 11) is -4.31. The number of rotatable bonds is 5. The lowest BCUT2D eigenvalue weighted by Crippen LogP contribution is -2.12. The van der Waals surface area contributed by atoms with Crippen LogP contribution in [0.3, 0.4) is 0 Å². The largest absolute Gasteiger partial charge is 0.416 e. The molecular formula is C20H14F3NO4S. The van der Waals surface area contributed by atoms with Crippen molar-refractivity contribution in [2.75, 3.05) is 5.32 Å². The fourth-order valence-electron chi connectivity index (χ4n) is 2.37. The first-order valence-corrected chi connectivity index (χ1v) is 9.64. The van der Waals surface area contributed by atoms with Crippen LogP contribution < -0.4 is 9.50 Å². The fraction of sp³-hybridized carbons (Fsp3) is 0.0500. The first kappa shape index (κ1) is 20.4. The van der Waals surface area contributed by atoms with Gasteiger partial charge >= 0.3 is 16.3 Å². The Morgan fingerprint density at radius 1 is 0.828 bits per heavy atom. The summed E-state index contributed by atoms with van der Waals surface area (Å²) >= 11 is 0. The summed E-state index contributed by atoms with van der Waals surface area (Å²) in [6.45, 7) is 0. The third kappa shape index (κ3) is 5.14. The predicted molar refractivity (Wildman–Crippen MR) is 100 cm³/mol. The van der Waals surface area contributed by atoms with Crippen LogP contribution in [-0.2, 0) is 16.3 Å². The van der Waals surface area contributed by atoms with Crippen LogP contribution in [0, 0.1) is 0 Å². The molecule has 0 saturated heterocycles. The smallest absolute Gasteiger partial charge is 0.379 e. The summed E-state index contributed by atoms with van der Waals surface area (Å²) < 4.78 is 67.2. The average Bonchev–Trinajstić information content (AvgIpc) is 2.69. The Bertz CT molecular complexity index is 1100. The molecule has 0 fully saturated rings. The lowest BCUT2D eigenvalue weighted by atomic mass is 10.2. The maximum absolute atomic E-state index is 12.6. The van der Waals surface area contributed by atoms with Gasteiger partial charge in [0.05, 0.1) is 5.56 Å². The Kier molecular flexibility index (Phi) is 5.60. The highest BCUT2D eigenvalue weighted by atomic mass is 32.2. The highest BCUT2D eigenvalue weighted by molar-refractivity contribution is 7.87. The highest BCUT2D eigenvalue weighted by Crippen LogP contribution is 2.30. The molecule has 0 saturated carbocycles. The molecule has 9 heteroatoms. The molecule has 1 N–H and O–H groups in total. The average molecular weight is 421 g/mol. The molecule has 3 rings (SSSR count). The number of hydrogen-bond acceptors (Lipinski definition) is 4. The van der Waals surface area contributed by atoms with Gasteiger partial charge in [0.25, 0.3) is 5.91 Å². The summed E-state index contributed by atoms with van der Waals surface area (Å²) in [5, 5.41) is 2.65. The molecule has 0 aromatic heterocycles. The third-order valence-electron chi connectivity index (χ3n) is 3.82. The molecule has 0 spiro atoms. The second-order valence-electron chi connectivity index (χ2n) is 5.90. The molecular weight excluding hydrogens is 407 g/mol. The molecule has 0 bridgehead atoms. The molecule has 29 heavy (non-hydrogen) atoms. The van der Waals surface area contributed by atoms with Crippen molar-refractivity contribution in [2.24, 2.45) is 0 Å². The van der Waals surface area contributed by atoms with Crippen molar-refractivity contribution in [1.82, 2.24) is 0 Å². The van der Waals surface area contributed by atoms with E-state index in [1.807, 2.05) is 0 Å². The van der Waals surface area contributed by atoms with Crippen LogP contribution in [0.25, 0.3) is 0 Å². The predicted octanol–water partition coefficient (Wildman–Crippen LogP) is 4.73. The molecule has 0 aliphatic heterocycles. The molecule has 0 aliphatic rings. The zero-order valence-corrected chi connectivity index (χ0v) is 15.5. The number of anilines is 1. The molecule has 0 atom stereocenters. The van der Waals surface area contributed by atoms with E-state index in [1.165, 1.54) is 24.3 Å². The molecule has 5 nitrogen and oxygen atoms in total. The van der Waals surface area contributed by atoms with E-state index in [2.05, 4.69) is 5.32 Å². The van der Waals surface area contributed by atoms with E-state index < -0.39 is 26.8 Å². The molecule has 3 aromatic rings. The van der Waals surface area contributed by atoms with Crippen molar-refractivity contribution in [1.29, 1.82) is 0 Å². The third-order valence-corrected chi connectivity index (χ3v) is 5.09. The van der Waals surface area contributed by atoms with Crippen LogP contribution in [0.5, 0.6) is 5.75 Å². The van der Waals surface area contributed by atoms with Gasteiger partial charge < -0.3 is 9.50 Å². The number of carbonyl (C=O) groups excluding carboxylic acids is 1. The summed E-state index contributed by atoms with van der Waals surface area (Å²) in [6, 6.07) is 17.0. The van der Waals surface area contributed by atoms with E-state index in [0.717, 1.165) is 12.1 Å². The summed E-state index contributed by atoms with van der Waals surface area (Å²) in [5.74, 6) is -0.390. The first-order valence-electron chi connectivity index (χ1n) is 8.23. The zero-order valence-electron chi connectivity index (χ0n) is 14.7. The van der Waals surface area contributed by atoms with Gasteiger partial charge in [0, 0.05) is 11.3 Å². The molecule has 0 unspecified atom stereocenters. The van der Waals surface area contributed by atoms with E-state index in [1.54, 1.807) is 30.3 Å². The Hall–Kier alpha value is -3.33. The lowest BCUT2D eigenvalue weighted by Gasteiger charge is -2.10. The monoisotopic (exact) mass is 421 g/mol. The van der Waals surface area contributed by atoms with E-state index in [-0.39, 0.29) is 11.7 Å². The van der Waals surface area contributed by atoms with E-state index in [4.69, 9.17) is 4.18 Å². The van der Waals surface area contributed by atoms with E-state index in [9.17, 15) is 26.4 Å². The Balaban J connectivity index is 1.69. The quantitative estimate of drug-likeness (QED) is 0.605. The van der Waals surface area contributed by atoms with Crippen LogP contribution >= 0.6 is 0 Å². The molecule has 150 valence electrons.